The minimum absolute atomic E-state index is 0.0468. The third-order valence-corrected chi connectivity index (χ3v) is 5.18. The van der Waals surface area contributed by atoms with Crippen molar-refractivity contribution < 1.29 is 4.79 Å². The van der Waals surface area contributed by atoms with E-state index in [1.165, 1.54) is 10.4 Å². The molecule has 1 aliphatic rings. The van der Waals surface area contributed by atoms with Gasteiger partial charge in [0.2, 0.25) is 5.91 Å². The van der Waals surface area contributed by atoms with Crippen LogP contribution in [-0.4, -0.2) is 5.91 Å². The molecule has 3 rings (SSSR count). The summed E-state index contributed by atoms with van der Waals surface area (Å²) in [5.41, 5.74) is 10.1. The van der Waals surface area contributed by atoms with Gasteiger partial charge in [-0.25, -0.2) is 0 Å². The van der Waals surface area contributed by atoms with Crippen molar-refractivity contribution in [1.82, 2.24) is 0 Å². The molecule has 1 aliphatic heterocycles. The van der Waals surface area contributed by atoms with Crippen molar-refractivity contribution in [2.24, 2.45) is 5.73 Å². The molecule has 0 radical (unpaired) electrons. The zero-order valence-corrected chi connectivity index (χ0v) is 12.7. The molecule has 1 aromatic heterocycles. The first-order valence-corrected chi connectivity index (χ1v) is 7.54. The van der Waals surface area contributed by atoms with Crippen LogP contribution >= 0.6 is 11.3 Å². The third-order valence-electron chi connectivity index (χ3n) is 4.08. The minimum atomic E-state index is -0.491. The Kier molecular flexibility index (Phi) is 2.96. The van der Waals surface area contributed by atoms with Crippen LogP contribution in [0.4, 0.5) is 5.69 Å². The zero-order chi connectivity index (χ0) is 14.5. The number of hydrogen-bond acceptors (Lipinski definition) is 3. The van der Waals surface area contributed by atoms with Crippen LogP contribution in [0, 0.1) is 6.92 Å². The van der Waals surface area contributed by atoms with Crippen LogP contribution in [0.25, 0.3) is 0 Å². The fraction of sp³-hybridized carbons (Fsp3) is 0.312. The van der Waals surface area contributed by atoms with Crippen molar-refractivity contribution in [3.63, 3.8) is 0 Å². The third kappa shape index (κ3) is 1.87. The molecule has 0 saturated heterocycles. The topological polar surface area (TPSA) is 55.1 Å². The molecular weight excluding hydrogens is 268 g/mol. The normalized spacial score (nSPS) is 17.7. The van der Waals surface area contributed by atoms with Crippen LogP contribution in [0.1, 0.15) is 41.5 Å². The summed E-state index contributed by atoms with van der Waals surface area (Å²) < 4.78 is 0. The van der Waals surface area contributed by atoms with Crippen molar-refractivity contribution in [2.75, 3.05) is 5.32 Å². The van der Waals surface area contributed by atoms with E-state index >= 15 is 0 Å². The molecule has 2 aromatic rings. The minimum Gasteiger partial charge on any atom is -0.325 e. The maximum Gasteiger partial charge on any atom is 0.234 e. The van der Waals surface area contributed by atoms with Crippen molar-refractivity contribution in [2.45, 2.75) is 32.2 Å². The molecule has 2 heterocycles. The number of nitrogens with two attached hydrogens (primary N) is 1. The standard InChI is InChI=1S/C16H18N2OS/c1-9-6-7-20-14(9)13(17)10-4-5-12-11(8-10)16(2,3)15(19)18-12/h4-8,13H,17H2,1-3H3,(H,18,19). The van der Waals surface area contributed by atoms with E-state index in [2.05, 4.69) is 29.8 Å². The number of fused-ring (bicyclic) bond motifs is 1. The number of amides is 1. The van der Waals surface area contributed by atoms with Crippen molar-refractivity contribution >= 4 is 22.9 Å². The first-order chi connectivity index (χ1) is 9.41. The summed E-state index contributed by atoms with van der Waals surface area (Å²) >= 11 is 1.68. The number of rotatable bonds is 2. The average molecular weight is 286 g/mol. The predicted molar refractivity (Wildman–Crippen MR) is 83.2 cm³/mol. The summed E-state index contributed by atoms with van der Waals surface area (Å²) in [5, 5.41) is 4.99. The molecule has 1 aromatic carbocycles. The summed E-state index contributed by atoms with van der Waals surface area (Å²) in [7, 11) is 0. The Morgan fingerprint density at radius 3 is 2.70 bits per heavy atom. The molecule has 4 heteroatoms. The molecule has 1 amide bonds. The van der Waals surface area contributed by atoms with E-state index in [-0.39, 0.29) is 11.9 Å². The van der Waals surface area contributed by atoms with Gasteiger partial charge in [0.25, 0.3) is 0 Å². The van der Waals surface area contributed by atoms with Crippen LogP contribution in [0.2, 0.25) is 0 Å². The Morgan fingerprint density at radius 2 is 2.05 bits per heavy atom. The summed E-state index contributed by atoms with van der Waals surface area (Å²) in [4.78, 5) is 13.2. The lowest BCUT2D eigenvalue weighted by Gasteiger charge is -2.18. The number of anilines is 1. The number of carbonyl (C=O) groups is 1. The number of thiophene rings is 1. The number of hydrogen-bond donors (Lipinski definition) is 2. The highest BCUT2D eigenvalue weighted by atomic mass is 32.1. The molecule has 1 unspecified atom stereocenters. The lowest BCUT2D eigenvalue weighted by molar-refractivity contribution is -0.119. The smallest absolute Gasteiger partial charge is 0.234 e. The second kappa shape index (κ2) is 4.43. The number of aryl methyl sites for hydroxylation is 1. The maximum atomic E-state index is 12.0. The van der Waals surface area contributed by atoms with Gasteiger partial charge in [0.15, 0.2) is 0 Å². The quantitative estimate of drug-likeness (QED) is 0.889. The van der Waals surface area contributed by atoms with Crippen molar-refractivity contribution in [3.05, 3.63) is 51.2 Å². The molecule has 3 nitrogen and oxygen atoms in total. The molecular formula is C16H18N2OS. The SMILES string of the molecule is Cc1ccsc1C(N)c1ccc2c(c1)C(C)(C)C(=O)N2. The Balaban J connectivity index is 2.04. The van der Waals surface area contributed by atoms with Gasteiger partial charge in [-0.1, -0.05) is 12.1 Å². The predicted octanol–water partition coefficient (Wildman–Crippen LogP) is 3.33. The average Bonchev–Trinajstić information content (AvgIpc) is 2.92. The van der Waals surface area contributed by atoms with Gasteiger partial charge in [0, 0.05) is 10.6 Å². The fourth-order valence-electron chi connectivity index (χ4n) is 2.64. The largest absolute Gasteiger partial charge is 0.325 e. The molecule has 1 atom stereocenters. The molecule has 20 heavy (non-hydrogen) atoms. The van der Waals surface area contributed by atoms with Crippen LogP contribution in [0.5, 0.6) is 0 Å². The van der Waals surface area contributed by atoms with Crippen molar-refractivity contribution in [3.8, 4) is 0 Å². The highest BCUT2D eigenvalue weighted by molar-refractivity contribution is 7.10. The van der Waals surface area contributed by atoms with Gasteiger partial charge >= 0.3 is 0 Å². The Morgan fingerprint density at radius 1 is 1.30 bits per heavy atom. The monoisotopic (exact) mass is 286 g/mol. The molecule has 0 bridgehead atoms. The second-order valence-corrected chi connectivity index (χ2v) is 6.78. The second-order valence-electron chi connectivity index (χ2n) is 5.83. The van der Waals surface area contributed by atoms with Gasteiger partial charge in [0.1, 0.15) is 0 Å². The molecule has 104 valence electrons. The van der Waals surface area contributed by atoms with Gasteiger partial charge in [-0.15, -0.1) is 11.3 Å². The summed E-state index contributed by atoms with van der Waals surface area (Å²) in [6.45, 7) is 5.97. The van der Waals surface area contributed by atoms with Gasteiger partial charge in [0.05, 0.1) is 11.5 Å². The lowest BCUT2D eigenvalue weighted by Crippen LogP contribution is -2.27. The van der Waals surface area contributed by atoms with Gasteiger partial charge in [-0.2, -0.15) is 0 Å². The van der Waals surface area contributed by atoms with Gasteiger partial charge < -0.3 is 11.1 Å². The first kappa shape index (κ1) is 13.3. The van der Waals surface area contributed by atoms with E-state index < -0.39 is 5.41 Å². The van der Waals surface area contributed by atoms with E-state index in [1.54, 1.807) is 11.3 Å². The van der Waals surface area contributed by atoms with Gasteiger partial charge in [-0.05, 0) is 55.0 Å². The van der Waals surface area contributed by atoms with E-state index in [4.69, 9.17) is 5.73 Å². The van der Waals surface area contributed by atoms with Crippen molar-refractivity contribution in [1.29, 1.82) is 0 Å². The number of carbonyl (C=O) groups excluding carboxylic acids is 1. The number of benzene rings is 1. The Bertz CT molecular complexity index is 688. The molecule has 0 spiro atoms. The molecule has 0 saturated carbocycles. The first-order valence-electron chi connectivity index (χ1n) is 6.66. The van der Waals surface area contributed by atoms with Crippen LogP contribution in [0.15, 0.2) is 29.6 Å². The molecule has 0 aliphatic carbocycles. The van der Waals surface area contributed by atoms with E-state index in [1.807, 2.05) is 26.0 Å². The van der Waals surface area contributed by atoms with Crippen LogP contribution in [-0.2, 0) is 10.2 Å². The van der Waals surface area contributed by atoms with Crippen LogP contribution < -0.4 is 11.1 Å². The molecule has 0 fully saturated rings. The molecule has 3 N–H and O–H groups in total. The fourth-order valence-corrected chi connectivity index (χ4v) is 3.59. The van der Waals surface area contributed by atoms with E-state index in [0.29, 0.717) is 0 Å². The van der Waals surface area contributed by atoms with E-state index in [9.17, 15) is 4.79 Å². The lowest BCUT2D eigenvalue weighted by atomic mass is 9.84. The highest BCUT2D eigenvalue weighted by Gasteiger charge is 2.38. The van der Waals surface area contributed by atoms with E-state index in [0.717, 1.165) is 16.8 Å². The zero-order valence-electron chi connectivity index (χ0n) is 11.9. The van der Waals surface area contributed by atoms with Crippen LogP contribution in [0.3, 0.4) is 0 Å². The number of nitrogens with one attached hydrogen (secondary N) is 1. The Hall–Kier alpha value is -1.65. The Labute approximate surface area is 122 Å². The summed E-state index contributed by atoms with van der Waals surface area (Å²) in [6, 6.07) is 7.98. The summed E-state index contributed by atoms with van der Waals surface area (Å²) in [6.07, 6.45) is 0. The maximum absolute atomic E-state index is 12.0. The van der Waals surface area contributed by atoms with Gasteiger partial charge in [-0.3, -0.25) is 4.79 Å². The summed E-state index contributed by atoms with van der Waals surface area (Å²) in [5.74, 6) is 0.0468. The highest BCUT2D eigenvalue weighted by Crippen LogP contribution is 2.39.